The second-order valence-electron chi connectivity index (χ2n) is 4.72. The Bertz CT molecular complexity index is 172. The van der Waals surface area contributed by atoms with Gasteiger partial charge in [-0.05, 0) is 45.1 Å². The Morgan fingerprint density at radius 2 is 2.20 bits per heavy atom. The Morgan fingerprint density at radius 1 is 1.40 bits per heavy atom. The summed E-state index contributed by atoms with van der Waals surface area (Å²) in [4.78, 5) is 0. The van der Waals surface area contributed by atoms with E-state index in [9.17, 15) is 0 Å². The first kappa shape index (κ1) is 13.2. The minimum atomic E-state index is -0.105. The zero-order valence-electron chi connectivity index (χ0n) is 10.0. The molecule has 0 radical (unpaired) electrons. The van der Waals surface area contributed by atoms with Gasteiger partial charge in [-0.2, -0.15) is 0 Å². The fourth-order valence-electron chi connectivity index (χ4n) is 2.37. The summed E-state index contributed by atoms with van der Waals surface area (Å²) in [5, 5.41) is 0.268. The minimum Gasteiger partial charge on any atom is -0.379 e. The molecule has 0 saturated carbocycles. The normalized spacial score (nSPS) is 29.8. The van der Waals surface area contributed by atoms with Crippen molar-refractivity contribution in [2.45, 2.75) is 56.3 Å². The molecule has 0 bridgehead atoms. The number of ether oxygens (including phenoxy) is 1. The van der Waals surface area contributed by atoms with Crippen molar-refractivity contribution in [3.63, 3.8) is 0 Å². The number of hydrogen-bond donors (Lipinski definition) is 2. The van der Waals surface area contributed by atoms with E-state index in [0.29, 0.717) is 6.54 Å². The van der Waals surface area contributed by atoms with Gasteiger partial charge in [0.1, 0.15) is 0 Å². The van der Waals surface area contributed by atoms with Gasteiger partial charge >= 0.3 is 0 Å². The molecule has 0 amide bonds. The van der Waals surface area contributed by atoms with Crippen LogP contribution in [-0.2, 0) is 4.74 Å². The van der Waals surface area contributed by atoms with Crippen molar-refractivity contribution in [1.82, 2.24) is 0 Å². The summed E-state index contributed by atoms with van der Waals surface area (Å²) in [5.41, 5.74) is 11.5. The number of nitrogens with two attached hydrogens (primary N) is 2. The molecular formula is C11H26N2OSi. The third kappa shape index (κ3) is 4.22. The van der Waals surface area contributed by atoms with Crippen molar-refractivity contribution in [1.29, 1.82) is 0 Å². The smallest absolute Gasteiger partial charge is 0.0564 e. The van der Waals surface area contributed by atoms with E-state index in [1.807, 2.05) is 0 Å². The highest BCUT2D eigenvalue weighted by Gasteiger charge is 2.31. The molecule has 3 nitrogen and oxygen atoms in total. The van der Waals surface area contributed by atoms with E-state index in [-0.39, 0.29) is 20.8 Å². The average molecular weight is 230 g/mol. The van der Waals surface area contributed by atoms with E-state index in [1.54, 1.807) is 0 Å². The highest BCUT2D eigenvalue weighted by atomic mass is 28.2. The third-order valence-electron chi connectivity index (χ3n) is 3.59. The maximum Gasteiger partial charge on any atom is 0.0564 e. The Balaban J connectivity index is 2.32. The van der Waals surface area contributed by atoms with Crippen LogP contribution in [0.15, 0.2) is 0 Å². The molecule has 1 heterocycles. The van der Waals surface area contributed by atoms with E-state index in [2.05, 4.69) is 6.55 Å². The summed E-state index contributed by atoms with van der Waals surface area (Å²) in [5.74, 6) is 0. The Kier molecular flexibility index (Phi) is 5.82. The first-order valence-corrected chi connectivity index (χ1v) is 8.44. The van der Waals surface area contributed by atoms with E-state index >= 15 is 0 Å². The van der Waals surface area contributed by atoms with Crippen LogP contribution >= 0.6 is 0 Å². The first-order valence-electron chi connectivity index (χ1n) is 6.32. The molecule has 0 spiro atoms. The fourth-order valence-corrected chi connectivity index (χ4v) is 3.88. The van der Waals surface area contributed by atoms with Crippen molar-refractivity contribution < 1.29 is 4.74 Å². The molecule has 1 rings (SSSR count). The standard InChI is InChI=1S/C11H26N2OSi/c1-15-11(6-2-3-9-14-11)7-4-10(13)5-8-12/h10H,2-9,12-13,15H2,1H3. The first-order chi connectivity index (χ1) is 7.22. The van der Waals surface area contributed by atoms with Gasteiger partial charge in [-0.25, -0.2) is 0 Å². The lowest BCUT2D eigenvalue weighted by atomic mass is 10.00. The highest BCUT2D eigenvalue weighted by Crippen LogP contribution is 2.29. The van der Waals surface area contributed by atoms with Gasteiger partial charge in [0, 0.05) is 12.6 Å². The van der Waals surface area contributed by atoms with Crippen LogP contribution in [0.2, 0.25) is 6.55 Å². The van der Waals surface area contributed by atoms with Gasteiger partial charge in [0.15, 0.2) is 0 Å². The maximum atomic E-state index is 6.02. The molecule has 2 unspecified atom stereocenters. The molecular weight excluding hydrogens is 204 g/mol. The van der Waals surface area contributed by atoms with Crippen molar-refractivity contribution in [2.75, 3.05) is 13.2 Å². The molecule has 0 aliphatic carbocycles. The van der Waals surface area contributed by atoms with Crippen LogP contribution in [0.25, 0.3) is 0 Å². The van der Waals surface area contributed by atoms with E-state index < -0.39 is 0 Å². The van der Waals surface area contributed by atoms with Gasteiger partial charge in [0.05, 0.1) is 14.7 Å². The van der Waals surface area contributed by atoms with Crippen molar-refractivity contribution in [3.8, 4) is 0 Å². The van der Waals surface area contributed by atoms with Gasteiger partial charge in [-0.15, -0.1) is 0 Å². The maximum absolute atomic E-state index is 6.02. The quantitative estimate of drug-likeness (QED) is 0.655. The molecule has 0 aromatic carbocycles. The Morgan fingerprint density at radius 3 is 2.73 bits per heavy atom. The van der Waals surface area contributed by atoms with Gasteiger partial charge in [-0.1, -0.05) is 6.55 Å². The van der Waals surface area contributed by atoms with Crippen LogP contribution in [0.5, 0.6) is 0 Å². The van der Waals surface area contributed by atoms with Gasteiger partial charge in [-0.3, -0.25) is 0 Å². The average Bonchev–Trinajstić information content (AvgIpc) is 2.28. The predicted molar refractivity (Wildman–Crippen MR) is 67.8 cm³/mol. The summed E-state index contributed by atoms with van der Waals surface area (Å²) in [7, 11) is -0.105. The summed E-state index contributed by atoms with van der Waals surface area (Å²) in [6.45, 7) is 4.03. The fraction of sp³-hybridized carbons (Fsp3) is 1.00. The zero-order valence-corrected chi connectivity index (χ0v) is 11.4. The molecule has 2 atom stereocenters. The number of hydrogen-bond acceptors (Lipinski definition) is 3. The van der Waals surface area contributed by atoms with Crippen LogP contribution in [0.1, 0.15) is 38.5 Å². The molecule has 90 valence electrons. The molecule has 1 fully saturated rings. The SMILES string of the molecule is C[SiH2]C1(CCC(N)CCN)CCCCO1. The highest BCUT2D eigenvalue weighted by molar-refractivity contribution is 6.37. The minimum absolute atomic E-state index is 0.105. The molecule has 1 aliphatic rings. The predicted octanol–water partition coefficient (Wildman–Crippen LogP) is 0.556. The molecule has 4 heteroatoms. The molecule has 1 aliphatic heterocycles. The van der Waals surface area contributed by atoms with Gasteiger partial charge in [0.2, 0.25) is 0 Å². The van der Waals surface area contributed by atoms with Crippen LogP contribution in [0, 0.1) is 0 Å². The number of rotatable bonds is 6. The van der Waals surface area contributed by atoms with Gasteiger partial charge in [0.25, 0.3) is 0 Å². The Labute approximate surface area is 95.8 Å². The summed E-state index contributed by atoms with van der Waals surface area (Å²) >= 11 is 0. The molecule has 1 saturated heterocycles. The molecule has 0 aromatic rings. The second-order valence-corrected chi connectivity index (χ2v) is 6.71. The lowest BCUT2D eigenvalue weighted by molar-refractivity contribution is -0.0270. The van der Waals surface area contributed by atoms with Crippen molar-refractivity contribution >= 4 is 9.52 Å². The van der Waals surface area contributed by atoms with Crippen molar-refractivity contribution in [3.05, 3.63) is 0 Å². The van der Waals surface area contributed by atoms with E-state index in [0.717, 1.165) is 25.9 Å². The summed E-state index contributed by atoms with van der Waals surface area (Å²) in [6, 6.07) is 0.276. The van der Waals surface area contributed by atoms with Crippen molar-refractivity contribution in [2.24, 2.45) is 11.5 Å². The van der Waals surface area contributed by atoms with E-state index in [4.69, 9.17) is 16.2 Å². The van der Waals surface area contributed by atoms with E-state index in [1.165, 1.54) is 19.3 Å². The topological polar surface area (TPSA) is 61.3 Å². The second kappa shape index (κ2) is 6.63. The van der Waals surface area contributed by atoms with Crippen LogP contribution in [-0.4, -0.2) is 33.9 Å². The Hall–Kier alpha value is 0.0969. The third-order valence-corrected chi connectivity index (χ3v) is 5.79. The zero-order chi connectivity index (χ0) is 11.1. The van der Waals surface area contributed by atoms with Crippen LogP contribution < -0.4 is 11.5 Å². The molecule has 0 aromatic heterocycles. The lowest BCUT2D eigenvalue weighted by Gasteiger charge is -2.37. The van der Waals surface area contributed by atoms with Crippen LogP contribution in [0.4, 0.5) is 0 Å². The monoisotopic (exact) mass is 230 g/mol. The lowest BCUT2D eigenvalue weighted by Crippen LogP contribution is -2.42. The largest absolute Gasteiger partial charge is 0.379 e. The summed E-state index contributed by atoms with van der Waals surface area (Å²) in [6.07, 6.45) is 7.04. The van der Waals surface area contributed by atoms with Gasteiger partial charge < -0.3 is 16.2 Å². The summed E-state index contributed by atoms with van der Waals surface area (Å²) < 4.78 is 6.02. The molecule has 4 N–H and O–H groups in total. The molecule has 15 heavy (non-hydrogen) atoms. The van der Waals surface area contributed by atoms with Crippen LogP contribution in [0.3, 0.4) is 0 Å².